The zero-order chi connectivity index (χ0) is 23.7. The number of rotatable bonds is 5. The molecule has 0 radical (unpaired) electrons. The fraction of sp³-hybridized carbons (Fsp3) is 0.769. The van der Waals surface area contributed by atoms with Gasteiger partial charge in [0.15, 0.2) is 6.10 Å². The van der Waals surface area contributed by atoms with Gasteiger partial charge in [-0.3, -0.25) is 4.98 Å². The number of carbonyl (C=O) groups excluding carboxylic acids is 1. The van der Waals surface area contributed by atoms with Crippen LogP contribution in [0.3, 0.4) is 0 Å². The summed E-state index contributed by atoms with van der Waals surface area (Å²) in [5, 5.41) is 0. The molecule has 3 rings (SSSR count). The molecule has 6 heteroatoms. The largest absolute Gasteiger partial charge is 0.461 e. The smallest absolute Gasteiger partial charge is 0.340 e. The average Bonchev–Trinajstić information content (AvgIpc) is 2.93. The van der Waals surface area contributed by atoms with E-state index in [1.54, 1.807) is 0 Å². The molecule has 1 aliphatic carbocycles. The van der Waals surface area contributed by atoms with Crippen LogP contribution in [0.25, 0.3) is 0 Å². The maximum atomic E-state index is 13.3. The third-order valence-electron chi connectivity index (χ3n) is 6.72. The number of ether oxygens (including phenoxy) is 2. The molecule has 0 aromatic carbocycles. The molecule has 180 valence electrons. The van der Waals surface area contributed by atoms with Crippen molar-refractivity contribution in [2.45, 2.75) is 111 Å². The zero-order valence-corrected chi connectivity index (χ0v) is 22.6. The lowest BCUT2D eigenvalue weighted by Gasteiger charge is -2.34. The van der Waals surface area contributed by atoms with Crippen LogP contribution in [-0.4, -0.2) is 35.7 Å². The van der Waals surface area contributed by atoms with Gasteiger partial charge in [-0.2, -0.15) is 0 Å². The van der Waals surface area contributed by atoms with Crippen molar-refractivity contribution in [2.24, 2.45) is 5.41 Å². The van der Waals surface area contributed by atoms with Gasteiger partial charge in [0, 0.05) is 24.3 Å². The lowest BCUT2D eigenvalue weighted by Crippen LogP contribution is -2.33. The van der Waals surface area contributed by atoms with E-state index in [4.69, 9.17) is 14.5 Å². The molecule has 0 N–H and O–H groups in total. The number of aromatic nitrogens is 1. The Morgan fingerprint density at radius 1 is 1.06 bits per heavy atom. The number of nitrogens with zero attached hydrogens (tertiary/aromatic N) is 2. The van der Waals surface area contributed by atoms with Crippen LogP contribution in [0, 0.1) is 19.3 Å². The van der Waals surface area contributed by atoms with E-state index in [2.05, 4.69) is 20.8 Å². The van der Waals surface area contributed by atoms with Gasteiger partial charge in [0.1, 0.15) is 0 Å². The van der Waals surface area contributed by atoms with Crippen LogP contribution in [-0.2, 0) is 14.3 Å². The van der Waals surface area contributed by atoms with Gasteiger partial charge in [0.25, 0.3) is 0 Å². The summed E-state index contributed by atoms with van der Waals surface area (Å²) in [6.07, 6.45) is 8.15. The van der Waals surface area contributed by atoms with Gasteiger partial charge in [-0.25, -0.2) is 4.79 Å². The Kier molecular flexibility index (Phi) is 7.97. The van der Waals surface area contributed by atoms with E-state index < -0.39 is 11.7 Å². The third-order valence-corrected chi connectivity index (χ3v) is 7.67. The normalized spacial score (nSPS) is 20.0. The topological polar surface area (TPSA) is 51.7 Å². The third kappa shape index (κ3) is 5.85. The first-order valence-corrected chi connectivity index (χ1v) is 13.0. The SMILES string of the molecule is Cc1nc(C)c(C(OC(C)(C)C)C(=O)OC(C)C)c(N2CCC3(CCCCCC3)C2)c1Br. The van der Waals surface area contributed by atoms with E-state index in [-0.39, 0.29) is 12.1 Å². The molecule has 2 heterocycles. The summed E-state index contributed by atoms with van der Waals surface area (Å²) in [5.74, 6) is -0.347. The molecule has 1 spiro atoms. The Morgan fingerprint density at radius 3 is 2.25 bits per heavy atom. The highest BCUT2D eigenvalue weighted by Crippen LogP contribution is 2.48. The molecule has 2 fully saturated rings. The number of hydrogen-bond acceptors (Lipinski definition) is 5. The maximum absolute atomic E-state index is 13.3. The standard InChI is InChI=1S/C26H41BrN2O3/c1-17(2)31-24(30)23(32-25(5,6)7)20-18(3)28-19(4)21(27)22(20)29-15-14-26(16-29)12-10-8-9-11-13-26/h17,23H,8-16H2,1-7H3. The number of pyridine rings is 1. The predicted molar refractivity (Wildman–Crippen MR) is 133 cm³/mol. The molecular formula is C26H41BrN2O3. The quantitative estimate of drug-likeness (QED) is 0.408. The second-order valence-electron chi connectivity index (χ2n) is 11.0. The van der Waals surface area contributed by atoms with Crippen LogP contribution in [0.15, 0.2) is 4.47 Å². The molecule has 32 heavy (non-hydrogen) atoms. The van der Waals surface area contributed by atoms with Crippen LogP contribution in [0.4, 0.5) is 5.69 Å². The minimum atomic E-state index is -0.817. The summed E-state index contributed by atoms with van der Waals surface area (Å²) in [6, 6.07) is 0. The minimum absolute atomic E-state index is 0.208. The highest BCUT2D eigenvalue weighted by Gasteiger charge is 2.42. The lowest BCUT2D eigenvalue weighted by molar-refractivity contribution is -0.171. The molecule has 1 atom stereocenters. The van der Waals surface area contributed by atoms with Crippen LogP contribution < -0.4 is 4.90 Å². The molecule has 1 aromatic rings. The molecular weight excluding hydrogens is 468 g/mol. The highest BCUT2D eigenvalue weighted by atomic mass is 79.9. The van der Waals surface area contributed by atoms with Crippen molar-refractivity contribution in [2.75, 3.05) is 18.0 Å². The monoisotopic (exact) mass is 508 g/mol. The van der Waals surface area contributed by atoms with Crippen LogP contribution >= 0.6 is 15.9 Å². The Labute approximate surface area is 202 Å². The molecule has 0 amide bonds. The minimum Gasteiger partial charge on any atom is -0.461 e. The number of halogens is 1. The molecule has 1 aromatic heterocycles. The first-order chi connectivity index (χ1) is 14.9. The fourth-order valence-corrected chi connectivity index (χ4v) is 5.88. The second-order valence-corrected chi connectivity index (χ2v) is 11.8. The van der Waals surface area contributed by atoms with Crippen LogP contribution in [0.2, 0.25) is 0 Å². The van der Waals surface area contributed by atoms with Crippen LogP contribution in [0.5, 0.6) is 0 Å². The molecule has 1 unspecified atom stereocenters. The lowest BCUT2D eigenvalue weighted by atomic mass is 9.80. The predicted octanol–water partition coefficient (Wildman–Crippen LogP) is 6.82. The number of esters is 1. The average molecular weight is 510 g/mol. The molecule has 0 bridgehead atoms. The zero-order valence-electron chi connectivity index (χ0n) is 21.0. The fourth-order valence-electron chi connectivity index (χ4n) is 5.33. The summed E-state index contributed by atoms with van der Waals surface area (Å²) in [6.45, 7) is 15.7. The van der Waals surface area contributed by atoms with E-state index in [1.807, 2.05) is 48.5 Å². The van der Waals surface area contributed by atoms with E-state index in [1.165, 1.54) is 44.9 Å². The van der Waals surface area contributed by atoms with Gasteiger partial charge in [0.05, 0.1) is 27.6 Å². The Morgan fingerprint density at radius 2 is 1.69 bits per heavy atom. The van der Waals surface area contributed by atoms with Crippen molar-refractivity contribution in [1.82, 2.24) is 4.98 Å². The molecule has 1 aliphatic heterocycles. The van der Waals surface area contributed by atoms with Gasteiger partial charge < -0.3 is 14.4 Å². The van der Waals surface area contributed by atoms with Crippen LogP contribution in [0.1, 0.15) is 103 Å². The Hall–Kier alpha value is -1.14. The van der Waals surface area contributed by atoms with Gasteiger partial charge >= 0.3 is 5.97 Å². The number of carbonyl (C=O) groups is 1. The van der Waals surface area contributed by atoms with E-state index in [0.29, 0.717) is 5.41 Å². The number of aryl methyl sites for hydroxylation is 2. The van der Waals surface area contributed by atoms with Crippen molar-refractivity contribution < 1.29 is 14.3 Å². The molecule has 1 saturated heterocycles. The summed E-state index contributed by atoms with van der Waals surface area (Å²) in [4.78, 5) is 20.5. The Balaban J connectivity index is 2.07. The van der Waals surface area contributed by atoms with E-state index >= 15 is 0 Å². The van der Waals surface area contributed by atoms with Gasteiger partial charge in [-0.05, 0) is 89.1 Å². The second kappa shape index (κ2) is 10.0. The molecule has 2 aliphatic rings. The van der Waals surface area contributed by atoms with Crippen molar-refractivity contribution >= 4 is 27.6 Å². The summed E-state index contributed by atoms with van der Waals surface area (Å²) in [5.41, 5.74) is 3.55. The number of hydrogen-bond donors (Lipinski definition) is 0. The van der Waals surface area contributed by atoms with Gasteiger partial charge in [0.2, 0.25) is 0 Å². The van der Waals surface area contributed by atoms with E-state index in [9.17, 15) is 4.79 Å². The summed E-state index contributed by atoms with van der Waals surface area (Å²) < 4.78 is 13.0. The first-order valence-electron chi connectivity index (χ1n) is 12.2. The van der Waals surface area contributed by atoms with Crippen molar-refractivity contribution in [1.29, 1.82) is 0 Å². The first kappa shape index (κ1) is 25.5. The van der Waals surface area contributed by atoms with Crippen molar-refractivity contribution in [3.05, 3.63) is 21.4 Å². The molecule has 1 saturated carbocycles. The van der Waals surface area contributed by atoms with Gasteiger partial charge in [-0.1, -0.05) is 25.7 Å². The summed E-state index contributed by atoms with van der Waals surface area (Å²) in [7, 11) is 0. The van der Waals surface area contributed by atoms with E-state index in [0.717, 1.165) is 40.2 Å². The molecule has 5 nitrogen and oxygen atoms in total. The highest BCUT2D eigenvalue weighted by molar-refractivity contribution is 9.10. The maximum Gasteiger partial charge on any atom is 0.340 e. The summed E-state index contributed by atoms with van der Waals surface area (Å²) >= 11 is 3.84. The van der Waals surface area contributed by atoms with Crippen molar-refractivity contribution in [3.8, 4) is 0 Å². The van der Waals surface area contributed by atoms with Crippen molar-refractivity contribution in [3.63, 3.8) is 0 Å². The Bertz CT molecular complexity index is 823. The number of anilines is 1. The van der Waals surface area contributed by atoms with Gasteiger partial charge in [-0.15, -0.1) is 0 Å².